The van der Waals surface area contributed by atoms with E-state index in [0.29, 0.717) is 18.7 Å². The molecule has 3 rings (SSSR count). The number of methoxy groups -OCH3 is 1. The zero-order valence-corrected chi connectivity index (χ0v) is 13.6. The van der Waals surface area contributed by atoms with Crippen molar-refractivity contribution in [3.05, 3.63) is 77.1 Å². The van der Waals surface area contributed by atoms with Crippen LogP contribution < -0.4 is 10.1 Å². The standard InChI is InChI=1S/C20H20FNO2/c1-24-20-9-7-15-4-2-3-5-17(15)18(20)12-22-11-14-6-8-19(21)16(10-14)13-23/h2-10,22-23H,11-13H2,1H3. The molecule has 0 heterocycles. The molecule has 4 heteroatoms. The van der Waals surface area contributed by atoms with Crippen molar-refractivity contribution in [2.75, 3.05) is 7.11 Å². The molecule has 124 valence electrons. The third-order valence-corrected chi connectivity index (χ3v) is 4.13. The highest BCUT2D eigenvalue weighted by Gasteiger charge is 2.08. The number of hydrogen-bond donors (Lipinski definition) is 2. The van der Waals surface area contributed by atoms with Gasteiger partial charge in [-0.3, -0.25) is 0 Å². The fourth-order valence-corrected chi connectivity index (χ4v) is 2.88. The van der Waals surface area contributed by atoms with Gasteiger partial charge in [0.15, 0.2) is 0 Å². The molecule has 0 saturated carbocycles. The predicted molar refractivity (Wildman–Crippen MR) is 93.4 cm³/mol. The molecule has 3 nitrogen and oxygen atoms in total. The molecule has 0 saturated heterocycles. The SMILES string of the molecule is COc1ccc2ccccc2c1CNCc1ccc(F)c(CO)c1. The van der Waals surface area contributed by atoms with Crippen molar-refractivity contribution in [2.24, 2.45) is 0 Å². The Kier molecular flexibility index (Phi) is 5.08. The molecule has 0 aliphatic rings. The first kappa shape index (κ1) is 16.4. The Bertz CT molecular complexity index is 848. The monoisotopic (exact) mass is 325 g/mol. The normalized spacial score (nSPS) is 11.0. The highest BCUT2D eigenvalue weighted by Crippen LogP contribution is 2.27. The smallest absolute Gasteiger partial charge is 0.128 e. The molecule has 3 aromatic carbocycles. The lowest BCUT2D eigenvalue weighted by atomic mass is 10.0. The highest BCUT2D eigenvalue weighted by molar-refractivity contribution is 5.87. The summed E-state index contributed by atoms with van der Waals surface area (Å²) in [6.07, 6.45) is 0. The second-order valence-corrected chi connectivity index (χ2v) is 5.65. The first-order valence-corrected chi connectivity index (χ1v) is 7.86. The minimum Gasteiger partial charge on any atom is -0.496 e. The van der Waals surface area contributed by atoms with E-state index in [1.165, 1.54) is 11.5 Å². The molecule has 0 aromatic heterocycles. The molecule has 0 aliphatic heterocycles. The molecular formula is C20H20FNO2. The molecule has 3 aromatic rings. The number of hydrogen-bond acceptors (Lipinski definition) is 3. The van der Waals surface area contributed by atoms with Gasteiger partial charge in [-0.15, -0.1) is 0 Å². The Balaban J connectivity index is 1.78. The van der Waals surface area contributed by atoms with Gasteiger partial charge in [-0.05, 0) is 34.5 Å². The molecule has 0 amide bonds. The minimum atomic E-state index is -0.378. The summed E-state index contributed by atoms with van der Waals surface area (Å²) in [5, 5.41) is 14.8. The fraction of sp³-hybridized carbons (Fsp3) is 0.200. The van der Waals surface area contributed by atoms with Crippen LogP contribution in [0.4, 0.5) is 4.39 Å². The van der Waals surface area contributed by atoms with Gasteiger partial charge in [0.05, 0.1) is 13.7 Å². The maximum absolute atomic E-state index is 13.4. The highest BCUT2D eigenvalue weighted by atomic mass is 19.1. The zero-order valence-electron chi connectivity index (χ0n) is 13.6. The summed E-state index contributed by atoms with van der Waals surface area (Å²) in [4.78, 5) is 0. The number of aliphatic hydroxyl groups excluding tert-OH is 1. The summed E-state index contributed by atoms with van der Waals surface area (Å²) < 4.78 is 18.9. The Hall–Kier alpha value is -2.43. The molecule has 0 radical (unpaired) electrons. The van der Waals surface area contributed by atoms with Gasteiger partial charge in [-0.1, -0.05) is 36.4 Å². The number of ether oxygens (including phenoxy) is 1. The Morgan fingerprint density at radius 3 is 2.67 bits per heavy atom. The van der Waals surface area contributed by atoms with E-state index in [-0.39, 0.29) is 12.4 Å². The average molecular weight is 325 g/mol. The van der Waals surface area contributed by atoms with Gasteiger partial charge < -0.3 is 15.2 Å². The van der Waals surface area contributed by atoms with Gasteiger partial charge in [0.1, 0.15) is 11.6 Å². The number of aliphatic hydroxyl groups is 1. The quantitative estimate of drug-likeness (QED) is 0.725. The van der Waals surface area contributed by atoms with E-state index in [1.807, 2.05) is 24.3 Å². The number of nitrogens with one attached hydrogen (secondary N) is 1. The third kappa shape index (κ3) is 3.40. The van der Waals surface area contributed by atoms with Crippen molar-refractivity contribution in [3.8, 4) is 5.75 Å². The van der Waals surface area contributed by atoms with Crippen molar-refractivity contribution in [2.45, 2.75) is 19.7 Å². The van der Waals surface area contributed by atoms with Crippen LogP contribution in [0.1, 0.15) is 16.7 Å². The number of halogens is 1. The Labute approximate surface area is 140 Å². The summed E-state index contributed by atoms with van der Waals surface area (Å²) in [6.45, 7) is 0.923. The third-order valence-electron chi connectivity index (χ3n) is 4.13. The summed E-state index contributed by atoms with van der Waals surface area (Å²) in [5.74, 6) is 0.466. The Morgan fingerprint density at radius 1 is 1.04 bits per heavy atom. The maximum Gasteiger partial charge on any atom is 0.128 e. The van der Waals surface area contributed by atoms with E-state index in [1.54, 1.807) is 19.2 Å². The predicted octanol–water partition coefficient (Wildman–Crippen LogP) is 3.77. The van der Waals surface area contributed by atoms with Gasteiger partial charge in [-0.2, -0.15) is 0 Å². The minimum absolute atomic E-state index is 0.295. The number of benzene rings is 3. The Morgan fingerprint density at radius 2 is 1.88 bits per heavy atom. The van der Waals surface area contributed by atoms with Gasteiger partial charge in [-0.25, -0.2) is 4.39 Å². The summed E-state index contributed by atoms with van der Waals surface area (Å²) in [7, 11) is 1.67. The van der Waals surface area contributed by atoms with E-state index in [2.05, 4.69) is 17.4 Å². The van der Waals surface area contributed by atoms with Crippen LogP contribution in [0.2, 0.25) is 0 Å². The van der Waals surface area contributed by atoms with Crippen LogP contribution in [0.5, 0.6) is 5.75 Å². The number of fused-ring (bicyclic) bond motifs is 1. The van der Waals surface area contributed by atoms with Crippen LogP contribution >= 0.6 is 0 Å². The summed E-state index contributed by atoms with van der Waals surface area (Å²) >= 11 is 0. The van der Waals surface area contributed by atoms with Gasteiger partial charge in [0.25, 0.3) is 0 Å². The molecule has 24 heavy (non-hydrogen) atoms. The lowest BCUT2D eigenvalue weighted by Crippen LogP contribution is -2.14. The van der Waals surface area contributed by atoms with Crippen LogP contribution in [0, 0.1) is 5.82 Å². The van der Waals surface area contributed by atoms with Crippen LogP contribution in [0.3, 0.4) is 0 Å². The van der Waals surface area contributed by atoms with Gasteiger partial charge >= 0.3 is 0 Å². The van der Waals surface area contributed by atoms with Gasteiger partial charge in [0.2, 0.25) is 0 Å². The van der Waals surface area contributed by atoms with Crippen molar-refractivity contribution < 1.29 is 14.2 Å². The second-order valence-electron chi connectivity index (χ2n) is 5.65. The van der Waals surface area contributed by atoms with Crippen LogP contribution in [-0.2, 0) is 19.7 Å². The molecule has 0 aliphatic carbocycles. The van der Waals surface area contributed by atoms with E-state index in [4.69, 9.17) is 9.84 Å². The van der Waals surface area contributed by atoms with E-state index < -0.39 is 0 Å². The molecule has 0 spiro atoms. The first-order valence-electron chi connectivity index (χ1n) is 7.86. The average Bonchev–Trinajstić information content (AvgIpc) is 2.63. The van der Waals surface area contributed by atoms with E-state index >= 15 is 0 Å². The number of rotatable bonds is 6. The molecule has 0 bridgehead atoms. The molecule has 2 N–H and O–H groups in total. The molecular weight excluding hydrogens is 305 g/mol. The first-order chi connectivity index (χ1) is 11.7. The molecule has 0 atom stereocenters. The lowest BCUT2D eigenvalue weighted by Gasteiger charge is -2.13. The zero-order chi connectivity index (χ0) is 16.9. The second kappa shape index (κ2) is 7.43. The van der Waals surface area contributed by atoms with Crippen molar-refractivity contribution in [1.82, 2.24) is 5.32 Å². The van der Waals surface area contributed by atoms with Crippen molar-refractivity contribution in [3.63, 3.8) is 0 Å². The van der Waals surface area contributed by atoms with Crippen molar-refractivity contribution in [1.29, 1.82) is 0 Å². The van der Waals surface area contributed by atoms with E-state index in [0.717, 1.165) is 22.3 Å². The fourth-order valence-electron chi connectivity index (χ4n) is 2.88. The topological polar surface area (TPSA) is 41.5 Å². The van der Waals surface area contributed by atoms with Crippen LogP contribution in [0.15, 0.2) is 54.6 Å². The largest absolute Gasteiger partial charge is 0.496 e. The van der Waals surface area contributed by atoms with Gasteiger partial charge in [0, 0.05) is 24.2 Å². The summed E-state index contributed by atoms with van der Waals surface area (Å²) in [5.41, 5.74) is 2.34. The van der Waals surface area contributed by atoms with Crippen LogP contribution in [-0.4, -0.2) is 12.2 Å². The molecule has 0 fully saturated rings. The molecule has 0 unspecified atom stereocenters. The van der Waals surface area contributed by atoms with E-state index in [9.17, 15) is 4.39 Å². The van der Waals surface area contributed by atoms with Crippen molar-refractivity contribution >= 4 is 10.8 Å². The lowest BCUT2D eigenvalue weighted by molar-refractivity contribution is 0.275. The maximum atomic E-state index is 13.4. The summed E-state index contributed by atoms with van der Waals surface area (Å²) in [6, 6.07) is 17.0. The van der Waals surface area contributed by atoms with Crippen LogP contribution in [0.25, 0.3) is 10.8 Å².